The summed E-state index contributed by atoms with van der Waals surface area (Å²) in [5.74, 6) is -0.872. The van der Waals surface area contributed by atoms with Gasteiger partial charge in [-0.1, -0.05) is 0 Å². The summed E-state index contributed by atoms with van der Waals surface area (Å²) in [6.45, 7) is 1.78. The van der Waals surface area contributed by atoms with Crippen molar-refractivity contribution < 1.29 is 14.7 Å². The molecule has 2 aromatic rings. The van der Waals surface area contributed by atoms with Crippen molar-refractivity contribution >= 4 is 11.9 Å². The number of nitrogens with zero attached hydrogens (tertiary/aromatic N) is 4. The molecule has 0 radical (unpaired) electrons. The molecule has 1 unspecified atom stereocenters. The minimum atomic E-state index is -1.13. The molecule has 20 heavy (non-hydrogen) atoms. The Morgan fingerprint density at radius 1 is 1.40 bits per heavy atom. The van der Waals surface area contributed by atoms with Crippen LogP contribution in [0.15, 0.2) is 24.7 Å². The van der Waals surface area contributed by atoms with Crippen LogP contribution in [0.2, 0.25) is 0 Å². The van der Waals surface area contributed by atoms with E-state index in [4.69, 9.17) is 5.11 Å². The van der Waals surface area contributed by atoms with Crippen LogP contribution in [0.25, 0.3) is 0 Å². The van der Waals surface area contributed by atoms with E-state index < -0.39 is 5.97 Å². The number of aromatic nitrogens is 4. The highest BCUT2D eigenvalue weighted by Gasteiger charge is 2.16. The van der Waals surface area contributed by atoms with Gasteiger partial charge in [0.25, 0.3) is 5.91 Å². The van der Waals surface area contributed by atoms with Gasteiger partial charge in [0.2, 0.25) is 0 Å². The monoisotopic (exact) mass is 275 g/mol. The molecular weight excluding hydrogens is 262 g/mol. The number of pyridine rings is 1. The lowest BCUT2D eigenvalue weighted by Crippen LogP contribution is -2.28. The number of hydrogen-bond acceptors (Lipinski definition) is 5. The second kappa shape index (κ2) is 5.47. The highest BCUT2D eigenvalue weighted by Crippen LogP contribution is 2.09. The van der Waals surface area contributed by atoms with Crippen molar-refractivity contribution in [3.05, 3.63) is 41.7 Å². The van der Waals surface area contributed by atoms with Crippen molar-refractivity contribution in [2.75, 3.05) is 0 Å². The highest BCUT2D eigenvalue weighted by molar-refractivity contribution is 5.95. The summed E-state index contributed by atoms with van der Waals surface area (Å²) < 4.78 is 1.71. The van der Waals surface area contributed by atoms with Crippen molar-refractivity contribution in [2.24, 2.45) is 7.05 Å². The van der Waals surface area contributed by atoms with Crippen LogP contribution in [0.4, 0.5) is 0 Å². The van der Waals surface area contributed by atoms with Gasteiger partial charge in [0.15, 0.2) is 5.82 Å². The number of hydrogen-bond donors (Lipinski definition) is 2. The van der Waals surface area contributed by atoms with Crippen molar-refractivity contribution in [1.82, 2.24) is 25.1 Å². The van der Waals surface area contributed by atoms with Crippen LogP contribution >= 0.6 is 0 Å². The Labute approximate surface area is 114 Å². The zero-order valence-corrected chi connectivity index (χ0v) is 10.9. The fraction of sp³-hybridized carbons (Fsp3) is 0.250. The molecule has 0 spiro atoms. The maximum absolute atomic E-state index is 12.0. The topological polar surface area (TPSA) is 110 Å². The lowest BCUT2D eigenvalue weighted by Gasteiger charge is -2.12. The Morgan fingerprint density at radius 3 is 2.65 bits per heavy atom. The number of nitrogens with one attached hydrogen (secondary N) is 1. The Kier molecular flexibility index (Phi) is 3.74. The molecule has 0 saturated heterocycles. The normalized spacial score (nSPS) is 11.9. The Hall–Kier alpha value is -2.77. The van der Waals surface area contributed by atoms with E-state index in [1.54, 1.807) is 24.9 Å². The molecule has 8 heteroatoms. The van der Waals surface area contributed by atoms with Gasteiger partial charge in [-0.3, -0.25) is 4.79 Å². The van der Waals surface area contributed by atoms with Crippen LogP contribution in [-0.2, 0) is 7.05 Å². The van der Waals surface area contributed by atoms with Crippen LogP contribution in [0.5, 0.6) is 0 Å². The molecule has 0 aliphatic heterocycles. The predicted molar refractivity (Wildman–Crippen MR) is 68.1 cm³/mol. The third-order valence-electron chi connectivity index (χ3n) is 2.73. The van der Waals surface area contributed by atoms with E-state index in [1.165, 1.54) is 18.3 Å². The third-order valence-corrected chi connectivity index (χ3v) is 2.73. The number of carboxylic acid groups (broad SMARTS) is 1. The van der Waals surface area contributed by atoms with Crippen LogP contribution in [0.3, 0.4) is 0 Å². The average Bonchev–Trinajstić information content (AvgIpc) is 2.85. The summed E-state index contributed by atoms with van der Waals surface area (Å²) in [5, 5.41) is 19.1. The zero-order valence-electron chi connectivity index (χ0n) is 10.9. The maximum atomic E-state index is 12.0. The number of carbonyl (C=O) groups excluding carboxylic acids is 1. The first-order valence-corrected chi connectivity index (χ1v) is 5.83. The Morgan fingerprint density at radius 2 is 2.15 bits per heavy atom. The summed E-state index contributed by atoms with van der Waals surface area (Å²) in [6, 6.07) is 2.37. The molecule has 2 rings (SSSR count). The first-order chi connectivity index (χ1) is 9.49. The SMILES string of the molecule is CC(NC(=O)c1ccc(C(=O)O)nc1)c1nncn1C. The van der Waals surface area contributed by atoms with Gasteiger partial charge in [0.05, 0.1) is 11.6 Å². The summed E-state index contributed by atoms with van der Waals surface area (Å²) in [6.07, 6.45) is 2.77. The fourth-order valence-electron chi connectivity index (χ4n) is 1.68. The van der Waals surface area contributed by atoms with E-state index in [2.05, 4.69) is 20.5 Å². The Bertz CT molecular complexity index is 635. The van der Waals surface area contributed by atoms with Crippen molar-refractivity contribution in [3.63, 3.8) is 0 Å². The van der Waals surface area contributed by atoms with Gasteiger partial charge in [0.1, 0.15) is 12.0 Å². The summed E-state index contributed by atoms with van der Waals surface area (Å²) >= 11 is 0. The van der Waals surface area contributed by atoms with E-state index in [0.717, 1.165) is 0 Å². The smallest absolute Gasteiger partial charge is 0.354 e. The molecule has 8 nitrogen and oxygen atoms in total. The van der Waals surface area contributed by atoms with E-state index in [1.807, 2.05) is 0 Å². The van der Waals surface area contributed by atoms with Gasteiger partial charge in [-0.2, -0.15) is 0 Å². The van der Waals surface area contributed by atoms with Crippen LogP contribution in [0, 0.1) is 0 Å². The second-order valence-electron chi connectivity index (χ2n) is 4.23. The Balaban J connectivity index is 2.08. The summed E-state index contributed by atoms with van der Waals surface area (Å²) in [4.78, 5) is 26.4. The lowest BCUT2D eigenvalue weighted by atomic mass is 10.2. The number of amides is 1. The first-order valence-electron chi connectivity index (χ1n) is 5.83. The maximum Gasteiger partial charge on any atom is 0.354 e. The zero-order chi connectivity index (χ0) is 14.7. The van der Waals surface area contributed by atoms with Gasteiger partial charge < -0.3 is 15.0 Å². The molecule has 0 aromatic carbocycles. The van der Waals surface area contributed by atoms with Gasteiger partial charge >= 0.3 is 5.97 Å². The highest BCUT2D eigenvalue weighted by atomic mass is 16.4. The lowest BCUT2D eigenvalue weighted by molar-refractivity contribution is 0.0689. The van der Waals surface area contributed by atoms with Crippen molar-refractivity contribution in [2.45, 2.75) is 13.0 Å². The first kappa shape index (κ1) is 13.7. The molecule has 2 N–H and O–H groups in total. The predicted octanol–water partition coefficient (Wildman–Crippen LogP) is 0.399. The fourth-order valence-corrected chi connectivity index (χ4v) is 1.68. The van der Waals surface area contributed by atoms with E-state index in [-0.39, 0.29) is 23.2 Å². The molecule has 0 aliphatic carbocycles. The molecule has 0 saturated carbocycles. The molecule has 1 amide bonds. The number of rotatable bonds is 4. The van der Waals surface area contributed by atoms with Crippen molar-refractivity contribution in [3.8, 4) is 0 Å². The number of aryl methyl sites for hydroxylation is 1. The van der Waals surface area contributed by atoms with Crippen LogP contribution in [0.1, 0.15) is 39.6 Å². The van der Waals surface area contributed by atoms with E-state index in [0.29, 0.717) is 5.82 Å². The quantitative estimate of drug-likeness (QED) is 0.835. The molecule has 0 aliphatic rings. The largest absolute Gasteiger partial charge is 0.477 e. The van der Waals surface area contributed by atoms with Gasteiger partial charge in [-0.25, -0.2) is 9.78 Å². The molecular formula is C12H13N5O3. The molecule has 2 aromatic heterocycles. The summed E-state index contributed by atoms with van der Waals surface area (Å²) in [5.41, 5.74) is 0.173. The second-order valence-corrected chi connectivity index (χ2v) is 4.23. The molecule has 0 fully saturated rings. The average molecular weight is 275 g/mol. The van der Waals surface area contributed by atoms with Gasteiger partial charge in [0, 0.05) is 13.2 Å². The van der Waals surface area contributed by atoms with Gasteiger partial charge in [-0.05, 0) is 19.1 Å². The molecule has 0 bridgehead atoms. The van der Waals surface area contributed by atoms with E-state index in [9.17, 15) is 9.59 Å². The van der Waals surface area contributed by atoms with E-state index >= 15 is 0 Å². The number of aromatic carboxylic acids is 1. The third kappa shape index (κ3) is 2.79. The number of carbonyl (C=O) groups is 2. The van der Waals surface area contributed by atoms with Gasteiger partial charge in [-0.15, -0.1) is 10.2 Å². The minimum absolute atomic E-state index is 0.108. The molecule has 1 atom stereocenters. The number of carboxylic acids is 1. The van der Waals surface area contributed by atoms with Crippen LogP contribution < -0.4 is 5.32 Å². The molecule has 2 heterocycles. The van der Waals surface area contributed by atoms with Crippen molar-refractivity contribution in [1.29, 1.82) is 0 Å². The minimum Gasteiger partial charge on any atom is -0.477 e. The van der Waals surface area contributed by atoms with Crippen LogP contribution in [-0.4, -0.2) is 36.7 Å². The standard InChI is InChI=1S/C12H13N5O3/c1-7(10-16-14-6-17(10)2)15-11(18)8-3-4-9(12(19)20)13-5-8/h3-7H,1-2H3,(H,15,18)(H,19,20). The summed E-state index contributed by atoms with van der Waals surface area (Å²) in [7, 11) is 1.78. The molecule has 104 valence electrons.